The topological polar surface area (TPSA) is 24.1 Å². The van der Waals surface area contributed by atoms with E-state index in [0.29, 0.717) is 12.1 Å². The Labute approximate surface area is 106 Å². The first-order valence-electron chi connectivity index (χ1n) is 6.11. The minimum absolute atomic E-state index is 0.468. The number of benzene rings is 1. The Morgan fingerprint density at radius 2 is 1.83 bits per heavy atom. The average molecular weight is 260 g/mol. The molecule has 0 unspecified atom stereocenters. The number of nitrogens with one attached hydrogen (secondary N) is 2. The van der Waals surface area contributed by atoms with Crippen LogP contribution in [0.1, 0.15) is 24.5 Å². The summed E-state index contributed by atoms with van der Waals surface area (Å²) in [4.78, 5) is 0. The van der Waals surface area contributed by atoms with E-state index in [0.717, 1.165) is 32.1 Å². The standard InChI is InChI=1S/C13H19F3N2/c1-2-17-7-4-8-18-10-11-5-3-6-12(9-11)13(14,15)16/h3,5-6,9,17-18H,2,4,7-8,10H2,1H3. The molecule has 0 fully saturated rings. The van der Waals surface area contributed by atoms with Crippen LogP contribution in [0.4, 0.5) is 13.2 Å². The third kappa shape index (κ3) is 5.51. The van der Waals surface area contributed by atoms with Crippen LogP contribution in [0.25, 0.3) is 0 Å². The van der Waals surface area contributed by atoms with Crippen LogP contribution in [0.3, 0.4) is 0 Å². The molecule has 5 heteroatoms. The molecule has 0 aromatic heterocycles. The van der Waals surface area contributed by atoms with Crippen molar-refractivity contribution >= 4 is 0 Å². The van der Waals surface area contributed by atoms with E-state index in [4.69, 9.17) is 0 Å². The van der Waals surface area contributed by atoms with Crippen LogP contribution in [0.2, 0.25) is 0 Å². The van der Waals surface area contributed by atoms with Crippen LogP contribution in [0.5, 0.6) is 0 Å². The van der Waals surface area contributed by atoms with Crippen molar-refractivity contribution in [1.29, 1.82) is 0 Å². The zero-order chi connectivity index (χ0) is 13.4. The van der Waals surface area contributed by atoms with Crippen molar-refractivity contribution in [1.82, 2.24) is 10.6 Å². The molecule has 0 saturated carbocycles. The van der Waals surface area contributed by atoms with E-state index in [1.54, 1.807) is 6.07 Å². The van der Waals surface area contributed by atoms with Crippen molar-refractivity contribution in [3.63, 3.8) is 0 Å². The highest BCUT2D eigenvalue weighted by Gasteiger charge is 2.30. The van der Waals surface area contributed by atoms with Gasteiger partial charge in [-0.15, -0.1) is 0 Å². The summed E-state index contributed by atoms with van der Waals surface area (Å²) < 4.78 is 37.4. The minimum Gasteiger partial charge on any atom is -0.317 e. The largest absolute Gasteiger partial charge is 0.416 e. The highest BCUT2D eigenvalue weighted by molar-refractivity contribution is 5.25. The summed E-state index contributed by atoms with van der Waals surface area (Å²) in [5, 5.41) is 6.32. The van der Waals surface area contributed by atoms with Crippen molar-refractivity contribution in [3.8, 4) is 0 Å². The molecule has 0 bridgehead atoms. The Balaban J connectivity index is 2.34. The number of rotatable bonds is 7. The highest BCUT2D eigenvalue weighted by atomic mass is 19.4. The van der Waals surface area contributed by atoms with Crippen molar-refractivity contribution < 1.29 is 13.2 Å². The molecule has 0 amide bonds. The van der Waals surface area contributed by atoms with Gasteiger partial charge in [-0.1, -0.05) is 25.1 Å². The van der Waals surface area contributed by atoms with Crippen LogP contribution in [-0.2, 0) is 12.7 Å². The average Bonchev–Trinajstić information content (AvgIpc) is 2.33. The molecule has 2 N–H and O–H groups in total. The maximum atomic E-state index is 12.5. The van der Waals surface area contributed by atoms with Crippen molar-refractivity contribution in [2.24, 2.45) is 0 Å². The van der Waals surface area contributed by atoms with Gasteiger partial charge in [-0.3, -0.25) is 0 Å². The van der Waals surface area contributed by atoms with Gasteiger partial charge in [-0.25, -0.2) is 0 Å². The fourth-order valence-electron chi connectivity index (χ4n) is 1.61. The first-order valence-corrected chi connectivity index (χ1v) is 6.11. The fourth-order valence-corrected chi connectivity index (χ4v) is 1.61. The lowest BCUT2D eigenvalue weighted by Crippen LogP contribution is -2.21. The molecule has 1 aromatic carbocycles. The summed E-state index contributed by atoms with van der Waals surface area (Å²) in [6.45, 7) is 5.16. The van der Waals surface area contributed by atoms with Gasteiger partial charge in [0, 0.05) is 6.54 Å². The molecule has 1 rings (SSSR count). The van der Waals surface area contributed by atoms with Crippen molar-refractivity contribution in [2.75, 3.05) is 19.6 Å². The molecule has 0 atom stereocenters. The van der Waals surface area contributed by atoms with Gasteiger partial charge in [0.05, 0.1) is 5.56 Å². The molecule has 0 aliphatic rings. The summed E-state index contributed by atoms with van der Waals surface area (Å²) >= 11 is 0. The van der Waals surface area contributed by atoms with Crippen molar-refractivity contribution in [3.05, 3.63) is 35.4 Å². The van der Waals surface area contributed by atoms with E-state index in [1.807, 2.05) is 6.92 Å². The van der Waals surface area contributed by atoms with Gasteiger partial charge in [-0.2, -0.15) is 13.2 Å². The number of hydrogen-bond donors (Lipinski definition) is 2. The van der Waals surface area contributed by atoms with Gasteiger partial charge in [0.25, 0.3) is 0 Å². The maximum absolute atomic E-state index is 12.5. The molecule has 0 spiro atoms. The molecule has 0 saturated heterocycles. The Hall–Kier alpha value is -1.07. The SMILES string of the molecule is CCNCCCNCc1cccc(C(F)(F)F)c1. The van der Waals surface area contributed by atoms with Gasteiger partial charge in [0.15, 0.2) is 0 Å². The summed E-state index contributed by atoms with van der Waals surface area (Å²) in [6.07, 6.45) is -3.30. The Morgan fingerprint density at radius 3 is 2.50 bits per heavy atom. The number of hydrogen-bond acceptors (Lipinski definition) is 2. The smallest absolute Gasteiger partial charge is 0.317 e. The highest BCUT2D eigenvalue weighted by Crippen LogP contribution is 2.29. The lowest BCUT2D eigenvalue weighted by atomic mass is 10.1. The lowest BCUT2D eigenvalue weighted by Gasteiger charge is -2.09. The summed E-state index contributed by atoms with van der Waals surface area (Å²) in [6, 6.07) is 5.43. The molecule has 0 radical (unpaired) electrons. The minimum atomic E-state index is -4.26. The zero-order valence-electron chi connectivity index (χ0n) is 10.5. The molecular weight excluding hydrogens is 241 g/mol. The van der Waals surface area contributed by atoms with Crippen LogP contribution in [0, 0.1) is 0 Å². The van der Waals surface area contributed by atoms with E-state index in [2.05, 4.69) is 10.6 Å². The van der Waals surface area contributed by atoms with E-state index in [9.17, 15) is 13.2 Å². The number of alkyl halides is 3. The van der Waals surface area contributed by atoms with E-state index in [1.165, 1.54) is 12.1 Å². The van der Waals surface area contributed by atoms with E-state index in [-0.39, 0.29) is 0 Å². The third-order valence-electron chi connectivity index (χ3n) is 2.54. The molecular formula is C13H19F3N2. The molecule has 1 aromatic rings. The summed E-state index contributed by atoms with van der Waals surface area (Å²) in [5.41, 5.74) is 0.0720. The fraction of sp³-hybridized carbons (Fsp3) is 0.538. The molecule has 0 heterocycles. The van der Waals surface area contributed by atoms with Gasteiger partial charge in [0.2, 0.25) is 0 Å². The van der Waals surface area contributed by atoms with E-state index >= 15 is 0 Å². The maximum Gasteiger partial charge on any atom is 0.416 e. The first-order chi connectivity index (χ1) is 8.54. The Bertz CT molecular complexity index is 350. The van der Waals surface area contributed by atoms with Gasteiger partial charge in [-0.05, 0) is 37.7 Å². The number of halogens is 3. The van der Waals surface area contributed by atoms with Crippen LogP contribution < -0.4 is 10.6 Å². The summed E-state index contributed by atoms with van der Waals surface area (Å²) in [7, 11) is 0. The first kappa shape index (κ1) is 15.0. The second-order valence-electron chi connectivity index (χ2n) is 4.08. The van der Waals surface area contributed by atoms with Crippen molar-refractivity contribution in [2.45, 2.75) is 26.1 Å². The zero-order valence-corrected chi connectivity index (χ0v) is 10.5. The quantitative estimate of drug-likeness (QED) is 0.737. The predicted molar refractivity (Wildman–Crippen MR) is 66.3 cm³/mol. The Kier molecular flexibility index (Phi) is 6.15. The second kappa shape index (κ2) is 7.38. The predicted octanol–water partition coefficient (Wildman–Crippen LogP) is 2.79. The van der Waals surface area contributed by atoms with Gasteiger partial charge in [0.1, 0.15) is 0 Å². The third-order valence-corrected chi connectivity index (χ3v) is 2.54. The van der Waals surface area contributed by atoms with Gasteiger partial charge >= 0.3 is 6.18 Å². The Morgan fingerprint density at radius 1 is 1.11 bits per heavy atom. The molecule has 102 valence electrons. The van der Waals surface area contributed by atoms with E-state index < -0.39 is 11.7 Å². The van der Waals surface area contributed by atoms with Gasteiger partial charge < -0.3 is 10.6 Å². The molecule has 0 aliphatic carbocycles. The normalized spacial score (nSPS) is 11.8. The lowest BCUT2D eigenvalue weighted by molar-refractivity contribution is -0.137. The summed E-state index contributed by atoms with van der Waals surface area (Å²) in [5.74, 6) is 0. The second-order valence-corrected chi connectivity index (χ2v) is 4.08. The monoisotopic (exact) mass is 260 g/mol. The van der Waals surface area contributed by atoms with Crippen LogP contribution in [-0.4, -0.2) is 19.6 Å². The van der Waals surface area contributed by atoms with Crippen LogP contribution >= 0.6 is 0 Å². The molecule has 0 aliphatic heterocycles. The van der Waals surface area contributed by atoms with Crippen LogP contribution in [0.15, 0.2) is 24.3 Å². The molecule has 2 nitrogen and oxygen atoms in total. The molecule has 18 heavy (non-hydrogen) atoms.